The summed E-state index contributed by atoms with van der Waals surface area (Å²) in [4.78, 5) is 22.6. The average Bonchev–Trinajstić information content (AvgIpc) is 3.32. The van der Waals surface area contributed by atoms with Crippen LogP contribution in [0.2, 0.25) is 0 Å². The van der Waals surface area contributed by atoms with Crippen molar-refractivity contribution in [2.45, 2.75) is 38.8 Å². The zero-order valence-corrected chi connectivity index (χ0v) is 15.0. The molecule has 1 aliphatic heterocycles. The second kappa shape index (κ2) is 7.26. The van der Waals surface area contributed by atoms with Crippen molar-refractivity contribution >= 4 is 5.91 Å². The van der Waals surface area contributed by atoms with Crippen LogP contribution in [0.15, 0.2) is 36.9 Å². The van der Waals surface area contributed by atoms with Gasteiger partial charge in [-0.1, -0.05) is 6.07 Å². The zero-order chi connectivity index (χ0) is 18.8. The van der Waals surface area contributed by atoms with E-state index in [0.717, 1.165) is 19.3 Å². The predicted octanol–water partition coefficient (Wildman–Crippen LogP) is 2.12. The molecule has 0 radical (unpaired) electrons. The lowest BCUT2D eigenvalue weighted by atomic mass is 10.0. The number of likely N-dealkylation sites (tertiary alicyclic amines) is 1. The summed E-state index contributed by atoms with van der Waals surface area (Å²) < 4.78 is 17.1. The number of carbonyl (C=O) groups excluding carboxylic acids is 1. The molecule has 3 aromatic rings. The Balaban J connectivity index is 1.77. The monoisotopic (exact) mass is 369 g/mol. The number of piperidine rings is 1. The molecule has 1 atom stereocenters. The van der Waals surface area contributed by atoms with Crippen molar-refractivity contribution in [2.24, 2.45) is 0 Å². The molecule has 8 nitrogen and oxygen atoms in total. The largest absolute Gasteiger partial charge is 0.333 e. The van der Waals surface area contributed by atoms with Crippen LogP contribution < -0.4 is 0 Å². The minimum atomic E-state index is -0.348. The Morgan fingerprint density at radius 2 is 2.22 bits per heavy atom. The highest BCUT2D eigenvalue weighted by atomic mass is 19.1. The van der Waals surface area contributed by atoms with Crippen LogP contribution in [-0.4, -0.2) is 46.9 Å². The molecule has 1 fully saturated rings. The van der Waals surface area contributed by atoms with Gasteiger partial charge in [-0.25, -0.2) is 23.7 Å². The highest BCUT2D eigenvalue weighted by Crippen LogP contribution is 2.31. The summed E-state index contributed by atoms with van der Waals surface area (Å²) in [6.45, 7) is 2.61. The number of benzene rings is 1. The summed E-state index contributed by atoms with van der Waals surface area (Å²) in [6.07, 6.45) is 5.81. The molecule has 3 heterocycles. The number of nitrogens with zero attached hydrogens (tertiary/aromatic N) is 7. The van der Waals surface area contributed by atoms with Crippen LogP contribution in [0.3, 0.4) is 0 Å². The molecule has 1 amide bonds. The van der Waals surface area contributed by atoms with Gasteiger partial charge < -0.3 is 4.90 Å². The molecular formula is C18H20FN7O. The lowest BCUT2D eigenvalue weighted by molar-refractivity contribution is -0.132. The molecule has 1 saturated heterocycles. The van der Waals surface area contributed by atoms with Gasteiger partial charge in [-0.2, -0.15) is 5.10 Å². The third-order valence-electron chi connectivity index (χ3n) is 4.70. The maximum Gasteiger partial charge on any atom is 0.220 e. The molecule has 1 aromatic carbocycles. The second-order valence-corrected chi connectivity index (χ2v) is 6.59. The minimum absolute atomic E-state index is 0.00585. The number of hydrogen-bond acceptors (Lipinski definition) is 5. The van der Waals surface area contributed by atoms with E-state index in [4.69, 9.17) is 4.98 Å². The lowest BCUT2D eigenvalue weighted by Gasteiger charge is -2.34. The summed E-state index contributed by atoms with van der Waals surface area (Å²) in [5.41, 5.74) is 0.580. The second-order valence-electron chi connectivity index (χ2n) is 6.59. The normalized spacial score (nSPS) is 17.3. The molecule has 0 unspecified atom stereocenters. The summed E-state index contributed by atoms with van der Waals surface area (Å²) in [5, 5.41) is 8.66. The van der Waals surface area contributed by atoms with Gasteiger partial charge in [0, 0.05) is 13.5 Å². The van der Waals surface area contributed by atoms with E-state index in [2.05, 4.69) is 15.2 Å². The van der Waals surface area contributed by atoms with Gasteiger partial charge in [0.15, 0.2) is 11.6 Å². The molecule has 0 N–H and O–H groups in total. The number of carbonyl (C=O) groups is 1. The first-order valence-corrected chi connectivity index (χ1v) is 8.93. The number of rotatable bonds is 4. The van der Waals surface area contributed by atoms with E-state index in [1.807, 2.05) is 4.90 Å². The Labute approximate surface area is 155 Å². The molecule has 1 aliphatic rings. The standard InChI is InChI=1S/C18H20FN7O/c1-13(27)25-8-3-2-7-16(25)18-22-17(10-24-12-20-11-21-24)23-26(18)15-6-4-5-14(19)9-15/h4-6,9,11-12,16H,2-3,7-8,10H2,1H3/t16-/m0/s1. The molecule has 2 aromatic heterocycles. The lowest BCUT2D eigenvalue weighted by Crippen LogP contribution is -2.38. The van der Waals surface area contributed by atoms with E-state index in [1.54, 1.807) is 34.7 Å². The fraction of sp³-hybridized carbons (Fsp3) is 0.389. The first-order valence-electron chi connectivity index (χ1n) is 8.93. The topological polar surface area (TPSA) is 81.7 Å². The first kappa shape index (κ1) is 17.3. The van der Waals surface area contributed by atoms with Gasteiger partial charge in [0.2, 0.25) is 5.91 Å². The number of amides is 1. The van der Waals surface area contributed by atoms with E-state index in [0.29, 0.717) is 30.4 Å². The predicted molar refractivity (Wildman–Crippen MR) is 94.4 cm³/mol. The maximum atomic E-state index is 13.8. The maximum absolute atomic E-state index is 13.8. The van der Waals surface area contributed by atoms with E-state index in [9.17, 15) is 9.18 Å². The summed E-state index contributed by atoms with van der Waals surface area (Å²) in [5.74, 6) is 0.838. The summed E-state index contributed by atoms with van der Waals surface area (Å²) in [6, 6.07) is 6.03. The van der Waals surface area contributed by atoms with Gasteiger partial charge in [0.05, 0.1) is 11.7 Å². The van der Waals surface area contributed by atoms with E-state index < -0.39 is 0 Å². The highest BCUT2D eigenvalue weighted by Gasteiger charge is 2.31. The van der Waals surface area contributed by atoms with Gasteiger partial charge >= 0.3 is 0 Å². The van der Waals surface area contributed by atoms with Gasteiger partial charge in [-0.3, -0.25) is 4.79 Å². The van der Waals surface area contributed by atoms with Crippen molar-refractivity contribution in [1.29, 1.82) is 0 Å². The Kier molecular flexibility index (Phi) is 4.66. The van der Waals surface area contributed by atoms with Crippen molar-refractivity contribution in [3.05, 3.63) is 54.4 Å². The smallest absolute Gasteiger partial charge is 0.220 e. The van der Waals surface area contributed by atoms with Crippen LogP contribution in [0.1, 0.15) is 43.9 Å². The summed E-state index contributed by atoms with van der Waals surface area (Å²) in [7, 11) is 0. The van der Waals surface area contributed by atoms with Crippen LogP contribution >= 0.6 is 0 Å². The Hall–Kier alpha value is -3.10. The molecule has 27 heavy (non-hydrogen) atoms. The SMILES string of the molecule is CC(=O)N1CCCC[C@H]1c1nc(Cn2cncn2)nn1-c1cccc(F)c1. The van der Waals surface area contributed by atoms with Gasteiger partial charge in [-0.05, 0) is 37.5 Å². The van der Waals surface area contributed by atoms with Crippen LogP contribution in [0.5, 0.6) is 0 Å². The number of halogens is 1. The molecule has 0 saturated carbocycles. The molecule has 140 valence electrons. The Morgan fingerprint density at radius 3 is 2.96 bits per heavy atom. The number of aromatic nitrogens is 6. The average molecular weight is 369 g/mol. The molecule has 0 aliphatic carbocycles. The van der Waals surface area contributed by atoms with Gasteiger partial charge in [0.1, 0.15) is 25.0 Å². The quantitative estimate of drug-likeness (QED) is 0.704. The molecule has 0 bridgehead atoms. The van der Waals surface area contributed by atoms with Gasteiger partial charge in [-0.15, -0.1) is 5.10 Å². The Morgan fingerprint density at radius 1 is 1.33 bits per heavy atom. The molecular weight excluding hydrogens is 349 g/mol. The molecule has 0 spiro atoms. The minimum Gasteiger partial charge on any atom is -0.333 e. The fourth-order valence-electron chi connectivity index (χ4n) is 3.49. The zero-order valence-electron chi connectivity index (χ0n) is 15.0. The van der Waals surface area contributed by atoms with Crippen molar-refractivity contribution in [3.63, 3.8) is 0 Å². The third kappa shape index (κ3) is 3.57. The summed E-state index contributed by atoms with van der Waals surface area (Å²) >= 11 is 0. The van der Waals surface area contributed by atoms with Crippen LogP contribution in [-0.2, 0) is 11.3 Å². The number of hydrogen-bond donors (Lipinski definition) is 0. The van der Waals surface area contributed by atoms with E-state index >= 15 is 0 Å². The van der Waals surface area contributed by atoms with Crippen LogP contribution in [0.25, 0.3) is 5.69 Å². The van der Waals surface area contributed by atoms with Crippen molar-refractivity contribution < 1.29 is 9.18 Å². The van der Waals surface area contributed by atoms with Crippen molar-refractivity contribution in [3.8, 4) is 5.69 Å². The van der Waals surface area contributed by atoms with E-state index in [1.165, 1.54) is 18.5 Å². The first-order chi connectivity index (χ1) is 13.1. The molecule has 4 rings (SSSR count). The van der Waals surface area contributed by atoms with Gasteiger partial charge in [0.25, 0.3) is 0 Å². The highest BCUT2D eigenvalue weighted by molar-refractivity contribution is 5.73. The van der Waals surface area contributed by atoms with Crippen molar-refractivity contribution in [1.82, 2.24) is 34.4 Å². The Bertz CT molecular complexity index is 937. The third-order valence-corrected chi connectivity index (χ3v) is 4.70. The van der Waals surface area contributed by atoms with Crippen LogP contribution in [0, 0.1) is 5.82 Å². The molecule has 9 heteroatoms. The van der Waals surface area contributed by atoms with E-state index in [-0.39, 0.29) is 17.8 Å². The fourth-order valence-corrected chi connectivity index (χ4v) is 3.49. The van der Waals surface area contributed by atoms with Crippen LogP contribution in [0.4, 0.5) is 4.39 Å². The van der Waals surface area contributed by atoms with Crippen molar-refractivity contribution in [2.75, 3.05) is 6.54 Å².